The van der Waals surface area contributed by atoms with Crippen molar-refractivity contribution in [1.29, 1.82) is 0 Å². The van der Waals surface area contributed by atoms with Crippen molar-refractivity contribution in [2.75, 3.05) is 20.3 Å². The van der Waals surface area contributed by atoms with E-state index in [1.165, 1.54) is 11.2 Å². The van der Waals surface area contributed by atoms with Gasteiger partial charge in [-0.05, 0) is 12.1 Å². The zero-order chi connectivity index (χ0) is 12.4. The Bertz CT molecular complexity index is 414. The monoisotopic (exact) mass is 239 g/mol. The molecule has 1 aliphatic heterocycles. The second-order valence-corrected chi connectivity index (χ2v) is 3.94. The van der Waals surface area contributed by atoms with Gasteiger partial charge in [-0.1, -0.05) is 0 Å². The molecule has 0 aliphatic carbocycles. The fourth-order valence-corrected chi connectivity index (χ4v) is 1.89. The summed E-state index contributed by atoms with van der Waals surface area (Å²) in [6, 6.07) is 2.70. The quantitative estimate of drug-likeness (QED) is 0.828. The number of amides is 1. The molecule has 17 heavy (non-hydrogen) atoms. The van der Waals surface area contributed by atoms with Gasteiger partial charge < -0.3 is 19.2 Å². The van der Waals surface area contributed by atoms with Crippen molar-refractivity contribution in [3.05, 3.63) is 24.2 Å². The lowest BCUT2D eigenvalue weighted by atomic mass is 10.0. The van der Waals surface area contributed by atoms with Gasteiger partial charge in [0, 0.05) is 7.05 Å². The summed E-state index contributed by atoms with van der Waals surface area (Å²) in [7, 11) is 1.56. The van der Waals surface area contributed by atoms with Crippen molar-refractivity contribution >= 4 is 11.9 Å². The lowest BCUT2D eigenvalue weighted by Gasteiger charge is -2.25. The third-order valence-electron chi connectivity index (χ3n) is 2.92. The van der Waals surface area contributed by atoms with E-state index < -0.39 is 17.9 Å². The molecule has 1 fully saturated rings. The van der Waals surface area contributed by atoms with Gasteiger partial charge in [0.15, 0.2) is 5.76 Å². The molecule has 1 aliphatic rings. The van der Waals surface area contributed by atoms with Gasteiger partial charge in [-0.3, -0.25) is 9.59 Å². The van der Waals surface area contributed by atoms with Crippen molar-refractivity contribution in [2.24, 2.45) is 5.92 Å². The zero-order valence-electron chi connectivity index (χ0n) is 9.33. The van der Waals surface area contributed by atoms with E-state index >= 15 is 0 Å². The Kier molecular flexibility index (Phi) is 3.14. The molecule has 1 aromatic heterocycles. The van der Waals surface area contributed by atoms with Crippen molar-refractivity contribution in [3.63, 3.8) is 0 Å². The molecule has 1 N–H and O–H groups in total. The van der Waals surface area contributed by atoms with Crippen molar-refractivity contribution in [3.8, 4) is 0 Å². The number of furan rings is 1. The minimum Gasteiger partial charge on any atom is -0.481 e. The van der Waals surface area contributed by atoms with Crippen LogP contribution in [0.5, 0.6) is 0 Å². The summed E-state index contributed by atoms with van der Waals surface area (Å²) >= 11 is 0. The molecule has 0 spiro atoms. The number of aliphatic carboxylic acids is 1. The number of rotatable bonds is 3. The number of carbonyl (C=O) groups excluding carboxylic acids is 1. The second-order valence-electron chi connectivity index (χ2n) is 3.94. The molecule has 2 heterocycles. The van der Waals surface area contributed by atoms with Gasteiger partial charge in [0.05, 0.1) is 25.5 Å². The maximum absolute atomic E-state index is 11.9. The highest BCUT2D eigenvalue weighted by Crippen LogP contribution is 2.20. The molecule has 1 amide bonds. The van der Waals surface area contributed by atoms with Crippen LogP contribution in [0.25, 0.3) is 0 Å². The van der Waals surface area contributed by atoms with Gasteiger partial charge in [-0.25, -0.2) is 0 Å². The molecule has 2 unspecified atom stereocenters. The fraction of sp³-hybridized carbons (Fsp3) is 0.455. The Labute approximate surface area is 97.8 Å². The van der Waals surface area contributed by atoms with E-state index in [9.17, 15) is 9.59 Å². The molecule has 0 aromatic carbocycles. The van der Waals surface area contributed by atoms with Crippen molar-refractivity contribution in [2.45, 2.75) is 6.04 Å². The molecule has 6 heteroatoms. The Morgan fingerprint density at radius 3 is 2.82 bits per heavy atom. The largest absolute Gasteiger partial charge is 0.481 e. The van der Waals surface area contributed by atoms with Crippen LogP contribution in [0.3, 0.4) is 0 Å². The molecule has 1 saturated heterocycles. The zero-order valence-corrected chi connectivity index (χ0v) is 9.33. The maximum atomic E-state index is 11.9. The fourth-order valence-electron chi connectivity index (χ4n) is 1.89. The van der Waals surface area contributed by atoms with Gasteiger partial charge in [0.1, 0.15) is 5.92 Å². The van der Waals surface area contributed by atoms with Gasteiger partial charge in [-0.2, -0.15) is 0 Å². The molecule has 92 valence electrons. The normalized spacial score (nSPS) is 23.6. The van der Waals surface area contributed by atoms with Gasteiger partial charge in [-0.15, -0.1) is 0 Å². The number of carbonyl (C=O) groups is 2. The Balaban J connectivity index is 2.12. The molecule has 2 rings (SSSR count). The highest BCUT2D eigenvalue weighted by Gasteiger charge is 2.39. The third-order valence-corrected chi connectivity index (χ3v) is 2.92. The van der Waals surface area contributed by atoms with Crippen molar-refractivity contribution in [1.82, 2.24) is 4.90 Å². The van der Waals surface area contributed by atoms with Crippen LogP contribution in [-0.4, -0.2) is 48.2 Å². The van der Waals surface area contributed by atoms with Gasteiger partial charge in [0.2, 0.25) is 0 Å². The Morgan fingerprint density at radius 2 is 2.24 bits per heavy atom. The predicted octanol–water partition coefficient (Wildman–Crippen LogP) is 0.451. The van der Waals surface area contributed by atoms with Gasteiger partial charge in [0.25, 0.3) is 5.91 Å². The smallest absolute Gasteiger partial charge is 0.311 e. The minimum atomic E-state index is -0.952. The average molecular weight is 239 g/mol. The van der Waals surface area contributed by atoms with Crippen LogP contribution >= 0.6 is 0 Å². The van der Waals surface area contributed by atoms with E-state index in [0.717, 1.165) is 0 Å². The summed E-state index contributed by atoms with van der Waals surface area (Å²) in [6.45, 7) is 0.371. The number of hydrogen-bond acceptors (Lipinski definition) is 4. The first-order chi connectivity index (χ1) is 8.11. The molecular weight excluding hydrogens is 226 g/mol. The number of hydrogen-bond donors (Lipinski definition) is 1. The van der Waals surface area contributed by atoms with Crippen molar-refractivity contribution < 1.29 is 23.8 Å². The summed E-state index contributed by atoms with van der Waals surface area (Å²) in [4.78, 5) is 24.3. The molecule has 6 nitrogen and oxygen atoms in total. The highest BCUT2D eigenvalue weighted by atomic mass is 16.5. The molecule has 0 radical (unpaired) electrons. The second kappa shape index (κ2) is 4.58. The first-order valence-corrected chi connectivity index (χ1v) is 5.22. The maximum Gasteiger partial charge on any atom is 0.311 e. The van der Waals surface area contributed by atoms with Crippen LogP contribution in [-0.2, 0) is 9.53 Å². The third kappa shape index (κ3) is 2.16. The summed E-state index contributed by atoms with van der Waals surface area (Å²) in [5.41, 5.74) is 0. The SMILES string of the molecule is CN(C(=O)c1ccco1)C1COCC1C(=O)O. The Hall–Kier alpha value is -1.82. The van der Waals surface area contributed by atoms with Crippen LogP contribution in [0.1, 0.15) is 10.6 Å². The molecular formula is C11H13NO5. The number of nitrogens with zero attached hydrogens (tertiary/aromatic N) is 1. The van der Waals surface area contributed by atoms with E-state index in [-0.39, 0.29) is 24.9 Å². The lowest BCUT2D eigenvalue weighted by molar-refractivity contribution is -0.142. The number of likely N-dealkylation sites (N-methyl/N-ethyl adjacent to an activating group) is 1. The van der Waals surface area contributed by atoms with E-state index in [1.54, 1.807) is 19.2 Å². The van der Waals surface area contributed by atoms with E-state index in [0.29, 0.717) is 0 Å². The molecule has 2 atom stereocenters. The standard InChI is InChI=1S/C11H13NO5/c1-12(10(13)9-3-2-4-17-9)8-6-16-5-7(8)11(14)15/h2-4,7-8H,5-6H2,1H3,(H,14,15). The predicted molar refractivity (Wildman–Crippen MR) is 56.5 cm³/mol. The summed E-state index contributed by atoms with van der Waals surface area (Å²) in [5, 5.41) is 9.00. The number of ether oxygens (including phenoxy) is 1. The first kappa shape index (κ1) is 11.7. The lowest BCUT2D eigenvalue weighted by Crippen LogP contribution is -2.44. The molecule has 0 saturated carbocycles. The van der Waals surface area contributed by atoms with Crippen LogP contribution in [0.4, 0.5) is 0 Å². The van der Waals surface area contributed by atoms with Crippen LogP contribution in [0, 0.1) is 5.92 Å². The summed E-state index contributed by atoms with van der Waals surface area (Å²) in [6.07, 6.45) is 1.40. The summed E-state index contributed by atoms with van der Waals surface area (Å²) in [5.74, 6) is -1.77. The van der Waals surface area contributed by atoms with Crippen LogP contribution in [0.2, 0.25) is 0 Å². The molecule has 0 bridgehead atoms. The first-order valence-electron chi connectivity index (χ1n) is 5.22. The van der Waals surface area contributed by atoms with E-state index in [1.807, 2.05) is 0 Å². The van der Waals surface area contributed by atoms with Gasteiger partial charge >= 0.3 is 5.97 Å². The topological polar surface area (TPSA) is 80.0 Å². The average Bonchev–Trinajstić information content (AvgIpc) is 2.97. The number of carboxylic acid groups (broad SMARTS) is 1. The van der Waals surface area contributed by atoms with Crippen LogP contribution < -0.4 is 0 Å². The van der Waals surface area contributed by atoms with Crippen LogP contribution in [0.15, 0.2) is 22.8 Å². The number of carboxylic acids is 1. The van der Waals surface area contributed by atoms with E-state index in [2.05, 4.69) is 0 Å². The Morgan fingerprint density at radius 1 is 1.47 bits per heavy atom. The van der Waals surface area contributed by atoms with E-state index in [4.69, 9.17) is 14.3 Å². The minimum absolute atomic E-state index is 0.135. The molecule has 1 aromatic rings. The summed E-state index contributed by atoms with van der Waals surface area (Å²) < 4.78 is 10.1. The highest BCUT2D eigenvalue weighted by molar-refractivity contribution is 5.91.